The molecule has 0 N–H and O–H groups in total. The van der Waals surface area contributed by atoms with Crippen LogP contribution in [0.4, 0.5) is 4.39 Å². The number of halogens is 3. The fourth-order valence-corrected chi connectivity index (χ4v) is 2.86. The first-order valence-corrected chi connectivity index (χ1v) is 7.36. The third-order valence-corrected chi connectivity index (χ3v) is 4.02. The minimum Gasteiger partial charge on any atom is -0.336 e. The fourth-order valence-electron chi connectivity index (χ4n) is 2.49. The summed E-state index contributed by atoms with van der Waals surface area (Å²) in [5.74, 6) is -0.160. The number of rotatable bonds is 3. The molecule has 1 aromatic rings. The van der Waals surface area contributed by atoms with Gasteiger partial charge in [-0.05, 0) is 43.9 Å². The van der Waals surface area contributed by atoms with Crippen LogP contribution in [-0.2, 0) is 0 Å². The molecule has 0 aliphatic carbocycles. The van der Waals surface area contributed by atoms with E-state index in [1.807, 2.05) is 4.90 Å². The molecule has 2 rings (SSSR count). The molecule has 0 radical (unpaired) electrons. The number of carbonyl (C=O) groups excluding carboxylic acids is 1. The molecular weight excluding hydrogens is 288 g/mol. The van der Waals surface area contributed by atoms with Crippen LogP contribution in [0.5, 0.6) is 0 Å². The number of benzene rings is 1. The molecule has 1 aliphatic rings. The molecule has 1 amide bonds. The molecule has 104 valence electrons. The predicted molar refractivity (Wildman–Crippen MR) is 75.4 cm³/mol. The number of nitrogens with zero attached hydrogens (tertiary/aromatic N) is 1. The van der Waals surface area contributed by atoms with Gasteiger partial charge in [0.2, 0.25) is 0 Å². The van der Waals surface area contributed by atoms with Crippen LogP contribution in [0.1, 0.15) is 36.0 Å². The molecular formula is C14H16Cl2FNO. The Balaban J connectivity index is 2.18. The van der Waals surface area contributed by atoms with Crippen molar-refractivity contribution in [2.75, 3.05) is 12.4 Å². The lowest BCUT2D eigenvalue weighted by atomic mass is 9.99. The van der Waals surface area contributed by atoms with Gasteiger partial charge < -0.3 is 4.90 Å². The van der Waals surface area contributed by atoms with Gasteiger partial charge in [-0.1, -0.05) is 11.6 Å². The third kappa shape index (κ3) is 3.40. The molecule has 1 saturated heterocycles. The summed E-state index contributed by atoms with van der Waals surface area (Å²) in [5.41, 5.74) is 0.350. The SMILES string of the molecule is O=C(c1ccc(Cl)c(F)c1)N1CCCCC1CCCl. The summed E-state index contributed by atoms with van der Waals surface area (Å²) in [4.78, 5) is 14.2. The van der Waals surface area contributed by atoms with Gasteiger partial charge >= 0.3 is 0 Å². The Morgan fingerprint density at radius 1 is 1.42 bits per heavy atom. The van der Waals surface area contributed by atoms with E-state index in [1.165, 1.54) is 12.1 Å². The summed E-state index contributed by atoms with van der Waals surface area (Å²) >= 11 is 11.4. The van der Waals surface area contributed by atoms with Crippen molar-refractivity contribution in [1.29, 1.82) is 0 Å². The van der Waals surface area contributed by atoms with Crippen molar-refractivity contribution in [3.8, 4) is 0 Å². The molecule has 1 unspecified atom stereocenters. The Bertz CT molecular complexity index is 465. The summed E-state index contributed by atoms with van der Waals surface area (Å²) in [7, 11) is 0. The van der Waals surface area contributed by atoms with Crippen molar-refractivity contribution in [3.05, 3.63) is 34.6 Å². The highest BCUT2D eigenvalue weighted by Gasteiger charge is 2.27. The molecule has 2 nitrogen and oxygen atoms in total. The normalized spacial score (nSPS) is 19.5. The first kappa shape index (κ1) is 14.6. The largest absolute Gasteiger partial charge is 0.336 e. The van der Waals surface area contributed by atoms with Gasteiger partial charge in [0.25, 0.3) is 5.91 Å². The molecule has 19 heavy (non-hydrogen) atoms. The Morgan fingerprint density at radius 3 is 2.89 bits per heavy atom. The number of hydrogen-bond donors (Lipinski definition) is 0. The minimum atomic E-state index is -0.557. The molecule has 1 heterocycles. The van der Waals surface area contributed by atoms with Gasteiger partial charge in [0, 0.05) is 24.0 Å². The predicted octanol–water partition coefficient (Wildman–Crippen LogP) is 4.10. The summed E-state index contributed by atoms with van der Waals surface area (Å²) in [5, 5.41) is 0.0347. The number of hydrogen-bond acceptors (Lipinski definition) is 1. The first-order chi connectivity index (χ1) is 9.13. The van der Waals surface area contributed by atoms with Gasteiger partial charge in [0.1, 0.15) is 5.82 Å². The smallest absolute Gasteiger partial charge is 0.254 e. The van der Waals surface area contributed by atoms with Crippen LogP contribution in [0.2, 0.25) is 5.02 Å². The van der Waals surface area contributed by atoms with Gasteiger partial charge in [0.05, 0.1) is 5.02 Å². The molecule has 5 heteroatoms. The van der Waals surface area contributed by atoms with Crippen LogP contribution < -0.4 is 0 Å². The highest BCUT2D eigenvalue weighted by Crippen LogP contribution is 2.24. The Labute approximate surface area is 122 Å². The van der Waals surface area contributed by atoms with Crippen molar-refractivity contribution >= 4 is 29.1 Å². The van der Waals surface area contributed by atoms with E-state index in [9.17, 15) is 9.18 Å². The standard InChI is InChI=1S/C14H16Cl2FNO/c15-7-6-11-3-1-2-8-18(11)14(19)10-4-5-12(16)13(17)9-10/h4-5,9,11H,1-3,6-8H2. The van der Waals surface area contributed by atoms with Crippen molar-refractivity contribution < 1.29 is 9.18 Å². The lowest BCUT2D eigenvalue weighted by Gasteiger charge is -2.35. The zero-order valence-corrected chi connectivity index (χ0v) is 12.1. The van der Waals surface area contributed by atoms with Gasteiger partial charge in [0.15, 0.2) is 0 Å². The van der Waals surface area contributed by atoms with E-state index < -0.39 is 5.82 Å². The van der Waals surface area contributed by atoms with Crippen LogP contribution in [0.3, 0.4) is 0 Å². The zero-order chi connectivity index (χ0) is 13.8. The quantitative estimate of drug-likeness (QED) is 0.770. The maximum Gasteiger partial charge on any atom is 0.254 e. The van der Waals surface area contributed by atoms with E-state index in [1.54, 1.807) is 6.07 Å². The molecule has 1 fully saturated rings. The second kappa shape index (κ2) is 6.58. The van der Waals surface area contributed by atoms with E-state index in [0.717, 1.165) is 25.7 Å². The molecule has 1 aliphatic heterocycles. The summed E-state index contributed by atoms with van der Waals surface area (Å²) in [6.45, 7) is 0.713. The molecule has 0 spiro atoms. The highest BCUT2D eigenvalue weighted by atomic mass is 35.5. The van der Waals surface area contributed by atoms with Gasteiger partial charge in [-0.15, -0.1) is 11.6 Å². The van der Waals surface area contributed by atoms with Crippen molar-refractivity contribution in [1.82, 2.24) is 4.90 Å². The second-order valence-corrected chi connectivity index (χ2v) is 5.54. The highest BCUT2D eigenvalue weighted by molar-refractivity contribution is 6.30. The lowest BCUT2D eigenvalue weighted by Crippen LogP contribution is -2.44. The molecule has 0 bridgehead atoms. The maximum atomic E-state index is 13.4. The van der Waals surface area contributed by atoms with E-state index in [0.29, 0.717) is 18.0 Å². The van der Waals surface area contributed by atoms with Crippen molar-refractivity contribution in [2.24, 2.45) is 0 Å². The summed E-state index contributed by atoms with van der Waals surface area (Å²) in [6.07, 6.45) is 3.85. The van der Waals surface area contributed by atoms with Crippen LogP contribution in [0.15, 0.2) is 18.2 Å². The van der Waals surface area contributed by atoms with Gasteiger partial charge in [-0.2, -0.15) is 0 Å². The van der Waals surface area contributed by atoms with Crippen LogP contribution in [0.25, 0.3) is 0 Å². The Kier molecular flexibility index (Phi) is 5.06. The van der Waals surface area contributed by atoms with E-state index >= 15 is 0 Å². The number of amides is 1. The van der Waals surface area contributed by atoms with Crippen LogP contribution >= 0.6 is 23.2 Å². The first-order valence-electron chi connectivity index (χ1n) is 6.45. The summed E-state index contributed by atoms with van der Waals surface area (Å²) < 4.78 is 13.4. The minimum absolute atomic E-state index is 0.0347. The van der Waals surface area contributed by atoms with Crippen LogP contribution in [-0.4, -0.2) is 29.3 Å². The number of piperidine rings is 1. The monoisotopic (exact) mass is 303 g/mol. The average Bonchev–Trinajstić information content (AvgIpc) is 2.42. The van der Waals surface area contributed by atoms with E-state index in [4.69, 9.17) is 23.2 Å². The Morgan fingerprint density at radius 2 is 2.21 bits per heavy atom. The molecule has 1 aromatic carbocycles. The van der Waals surface area contributed by atoms with Gasteiger partial charge in [-0.3, -0.25) is 4.79 Å². The van der Waals surface area contributed by atoms with Crippen LogP contribution in [0, 0.1) is 5.82 Å². The molecule has 0 saturated carbocycles. The number of carbonyl (C=O) groups is 1. The zero-order valence-electron chi connectivity index (χ0n) is 10.5. The van der Waals surface area contributed by atoms with E-state index in [-0.39, 0.29) is 17.0 Å². The fraction of sp³-hybridized carbons (Fsp3) is 0.500. The summed E-state index contributed by atoms with van der Waals surface area (Å²) in [6, 6.07) is 4.36. The molecule has 1 atom stereocenters. The second-order valence-electron chi connectivity index (χ2n) is 4.75. The number of alkyl halides is 1. The third-order valence-electron chi connectivity index (χ3n) is 3.50. The lowest BCUT2D eigenvalue weighted by molar-refractivity contribution is 0.0609. The van der Waals surface area contributed by atoms with Crippen molar-refractivity contribution in [3.63, 3.8) is 0 Å². The number of likely N-dealkylation sites (tertiary alicyclic amines) is 1. The topological polar surface area (TPSA) is 20.3 Å². The van der Waals surface area contributed by atoms with E-state index in [2.05, 4.69) is 0 Å². The average molecular weight is 304 g/mol. The maximum absolute atomic E-state index is 13.4. The van der Waals surface area contributed by atoms with Gasteiger partial charge in [-0.25, -0.2) is 4.39 Å². The Hall–Kier alpha value is -0.800. The molecule has 0 aromatic heterocycles. The van der Waals surface area contributed by atoms with Crippen molar-refractivity contribution in [2.45, 2.75) is 31.7 Å².